The molecule has 0 aliphatic heterocycles. The third kappa shape index (κ3) is 4.90. The average Bonchev–Trinajstić information content (AvgIpc) is 2.56. The smallest absolute Gasteiger partial charge is 0.337 e. The Morgan fingerprint density at radius 1 is 1.24 bits per heavy atom. The van der Waals surface area contributed by atoms with Gasteiger partial charge in [-0.2, -0.15) is 0 Å². The standard InChI is InChI=1S/C16H11BrClF2NO4/c1-24-16(23)8-2-3-13(11(18)4-8)25-7-14(22)21-15-10(17)5-9(19)6-12(15)20/h2-6H,7H2,1H3,(H,21,22). The van der Waals surface area contributed by atoms with Gasteiger partial charge >= 0.3 is 5.97 Å². The van der Waals surface area contributed by atoms with E-state index in [1.165, 1.54) is 25.3 Å². The van der Waals surface area contributed by atoms with E-state index in [9.17, 15) is 18.4 Å². The Hall–Kier alpha value is -2.19. The molecule has 0 radical (unpaired) electrons. The Bertz CT molecular complexity index is 809. The predicted octanol–water partition coefficient (Wildman–Crippen LogP) is 4.18. The second kappa shape index (κ2) is 8.26. The molecule has 0 bridgehead atoms. The summed E-state index contributed by atoms with van der Waals surface area (Å²) in [4.78, 5) is 23.3. The lowest BCUT2D eigenvalue weighted by Crippen LogP contribution is -2.21. The molecule has 0 aromatic heterocycles. The highest BCUT2D eigenvalue weighted by molar-refractivity contribution is 9.10. The fourth-order valence-corrected chi connectivity index (χ4v) is 2.59. The van der Waals surface area contributed by atoms with Crippen molar-refractivity contribution in [3.05, 3.63) is 57.0 Å². The van der Waals surface area contributed by atoms with Gasteiger partial charge in [0, 0.05) is 10.5 Å². The molecule has 0 atom stereocenters. The summed E-state index contributed by atoms with van der Waals surface area (Å²) >= 11 is 8.93. The lowest BCUT2D eigenvalue weighted by Gasteiger charge is -2.11. The SMILES string of the molecule is COC(=O)c1ccc(OCC(=O)Nc2c(F)cc(F)cc2Br)c(Cl)c1. The van der Waals surface area contributed by atoms with E-state index >= 15 is 0 Å². The van der Waals surface area contributed by atoms with E-state index < -0.39 is 30.1 Å². The van der Waals surface area contributed by atoms with Crippen LogP contribution >= 0.6 is 27.5 Å². The maximum Gasteiger partial charge on any atom is 0.337 e. The van der Waals surface area contributed by atoms with E-state index in [2.05, 4.69) is 26.0 Å². The third-order valence-electron chi connectivity index (χ3n) is 2.98. The van der Waals surface area contributed by atoms with Gasteiger partial charge in [-0.1, -0.05) is 11.6 Å². The summed E-state index contributed by atoms with van der Waals surface area (Å²) in [5, 5.41) is 2.37. The molecular weight excluding hydrogens is 424 g/mol. The summed E-state index contributed by atoms with van der Waals surface area (Å²) in [6.07, 6.45) is 0. The van der Waals surface area contributed by atoms with Crippen molar-refractivity contribution in [2.24, 2.45) is 0 Å². The molecule has 132 valence electrons. The van der Waals surface area contributed by atoms with Crippen molar-refractivity contribution >= 4 is 45.1 Å². The quantitative estimate of drug-likeness (QED) is 0.717. The van der Waals surface area contributed by atoms with Crippen LogP contribution in [0.4, 0.5) is 14.5 Å². The number of hydrogen-bond donors (Lipinski definition) is 1. The molecule has 1 amide bonds. The van der Waals surface area contributed by atoms with E-state index in [1.54, 1.807) is 0 Å². The van der Waals surface area contributed by atoms with Gasteiger partial charge in [0.2, 0.25) is 0 Å². The minimum Gasteiger partial charge on any atom is -0.482 e. The van der Waals surface area contributed by atoms with Crippen LogP contribution in [0, 0.1) is 11.6 Å². The zero-order valence-electron chi connectivity index (χ0n) is 12.7. The molecule has 0 aliphatic carbocycles. The van der Waals surface area contributed by atoms with Gasteiger partial charge in [0.25, 0.3) is 5.91 Å². The van der Waals surface area contributed by atoms with Crippen molar-refractivity contribution in [2.75, 3.05) is 19.0 Å². The fraction of sp³-hybridized carbons (Fsp3) is 0.125. The Morgan fingerprint density at radius 2 is 1.96 bits per heavy atom. The Morgan fingerprint density at radius 3 is 2.56 bits per heavy atom. The maximum atomic E-state index is 13.7. The maximum absolute atomic E-state index is 13.7. The van der Waals surface area contributed by atoms with Gasteiger partial charge in [0.15, 0.2) is 12.4 Å². The van der Waals surface area contributed by atoms with Crippen LogP contribution in [0.1, 0.15) is 10.4 Å². The molecular formula is C16H11BrClF2NO4. The first-order valence-electron chi connectivity index (χ1n) is 6.77. The molecule has 2 aromatic rings. The average molecular weight is 435 g/mol. The highest BCUT2D eigenvalue weighted by Gasteiger charge is 2.14. The summed E-state index contributed by atoms with van der Waals surface area (Å²) in [5.74, 6) is -2.80. The van der Waals surface area contributed by atoms with Gasteiger partial charge in [0.1, 0.15) is 11.6 Å². The molecule has 2 aromatic carbocycles. The highest BCUT2D eigenvalue weighted by atomic mass is 79.9. The van der Waals surface area contributed by atoms with Gasteiger partial charge in [0.05, 0.1) is 23.4 Å². The first-order valence-corrected chi connectivity index (χ1v) is 7.94. The molecule has 5 nitrogen and oxygen atoms in total. The largest absolute Gasteiger partial charge is 0.482 e. The molecule has 1 N–H and O–H groups in total. The highest BCUT2D eigenvalue weighted by Crippen LogP contribution is 2.28. The summed E-state index contributed by atoms with van der Waals surface area (Å²) < 4.78 is 36.5. The zero-order valence-corrected chi connectivity index (χ0v) is 15.1. The van der Waals surface area contributed by atoms with Crippen LogP contribution in [0.25, 0.3) is 0 Å². The zero-order chi connectivity index (χ0) is 18.6. The van der Waals surface area contributed by atoms with E-state index in [0.717, 1.165) is 6.07 Å². The van der Waals surface area contributed by atoms with Crippen molar-refractivity contribution in [3.8, 4) is 5.75 Å². The number of benzene rings is 2. The van der Waals surface area contributed by atoms with Gasteiger partial charge in [-0.05, 0) is 40.2 Å². The van der Waals surface area contributed by atoms with Crippen LogP contribution in [-0.4, -0.2) is 25.6 Å². The number of hydrogen-bond acceptors (Lipinski definition) is 4. The van der Waals surface area contributed by atoms with E-state index in [4.69, 9.17) is 16.3 Å². The van der Waals surface area contributed by atoms with Gasteiger partial charge < -0.3 is 14.8 Å². The van der Waals surface area contributed by atoms with Gasteiger partial charge in [-0.25, -0.2) is 13.6 Å². The lowest BCUT2D eigenvalue weighted by atomic mass is 10.2. The van der Waals surface area contributed by atoms with Crippen molar-refractivity contribution in [1.29, 1.82) is 0 Å². The third-order valence-corrected chi connectivity index (χ3v) is 3.90. The Balaban J connectivity index is 2.02. The number of carbonyl (C=O) groups excluding carboxylic acids is 2. The molecule has 0 spiro atoms. The molecule has 2 rings (SSSR count). The van der Waals surface area contributed by atoms with Crippen LogP contribution < -0.4 is 10.1 Å². The topological polar surface area (TPSA) is 64.6 Å². The molecule has 0 heterocycles. The van der Waals surface area contributed by atoms with Crippen molar-refractivity contribution in [2.45, 2.75) is 0 Å². The summed E-state index contributed by atoms with van der Waals surface area (Å²) in [7, 11) is 1.23. The normalized spacial score (nSPS) is 10.3. The summed E-state index contributed by atoms with van der Waals surface area (Å²) in [6.45, 7) is -0.472. The first kappa shape index (κ1) is 19.1. The van der Waals surface area contributed by atoms with Crippen LogP contribution in [-0.2, 0) is 9.53 Å². The minimum atomic E-state index is -0.930. The van der Waals surface area contributed by atoms with Gasteiger partial charge in [-0.3, -0.25) is 4.79 Å². The van der Waals surface area contributed by atoms with E-state index in [-0.39, 0.29) is 26.5 Å². The van der Waals surface area contributed by atoms with Crippen LogP contribution in [0.5, 0.6) is 5.75 Å². The number of methoxy groups -OCH3 is 1. The van der Waals surface area contributed by atoms with Crippen molar-refractivity contribution in [3.63, 3.8) is 0 Å². The molecule has 9 heteroatoms. The monoisotopic (exact) mass is 433 g/mol. The molecule has 25 heavy (non-hydrogen) atoms. The van der Waals surface area contributed by atoms with Gasteiger partial charge in [-0.15, -0.1) is 0 Å². The number of nitrogens with one attached hydrogen (secondary N) is 1. The number of halogens is 4. The molecule has 0 aliphatic rings. The molecule has 0 unspecified atom stereocenters. The number of anilines is 1. The number of esters is 1. The number of rotatable bonds is 5. The summed E-state index contributed by atoms with van der Waals surface area (Å²) in [6, 6.07) is 5.81. The number of carbonyl (C=O) groups is 2. The predicted molar refractivity (Wildman–Crippen MR) is 91.0 cm³/mol. The van der Waals surface area contributed by atoms with Crippen LogP contribution in [0.15, 0.2) is 34.8 Å². The van der Waals surface area contributed by atoms with E-state index in [1.807, 2.05) is 0 Å². The lowest BCUT2D eigenvalue weighted by molar-refractivity contribution is -0.118. The second-order valence-electron chi connectivity index (χ2n) is 4.72. The van der Waals surface area contributed by atoms with Crippen molar-refractivity contribution < 1.29 is 27.8 Å². The molecule has 0 fully saturated rings. The van der Waals surface area contributed by atoms with Crippen LogP contribution in [0.2, 0.25) is 5.02 Å². The fourth-order valence-electron chi connectivity index (χ4n) is 1.84. The number of amides is 1. The Kier molecular flexibility index (Phi) is 6.33. The van der Waals surface area contributed by atoms with Crippen LogP contribution in [0.3, 0.4) is 0 Å². The summed E-state index contributed by atoms with van der Waals surface area (Å²) in [5.41, 5.74) is 0.0174. The van der Waals surface area contributed by atoms with E-state index in [0.29, 0.717) is 6.07 Å². The minimum absolute atomic E-state index is 0.0545. The molecule has 0 saturated heterocycles. The second-order valence-corrected chi connectivity index (χ2v) is 5.98. The van der Waals surface area contributed by atoms with Crippen molar-refractivity contribution in [1.82, 2.24) is 0 Å². The Labute approximate surface area is 155 Å². The molecule has 0 saturated carbocycles. The first-order chi connectivity index (χ1) is 11.8. The number of ether oxygens (including phenoxy) is 2.